The van der Waals surface area contributed by atoms with E-state index in [-0.39, 0.29) is 11.2 Å². The van der Waals surface area contributed by atoms with Gasteiger partial charge < -0.3 is 14.0 Å². The Morgan fingerprint density at radius 2 is 1.61 bits per heavy atom. The normalized spacial score (nSPS) is 11.0. The average Bonchev–Trinajstić information content (AvgIpc) is 2.50. The van der Waals surface area contributed by atoms with E-state index in [9.17, 15) is 13.0 Å². The topological polar surface area (TPSA) is 79.5 Å². The van der Waals surface area contributed by atoms with E-state index in [1.54, 1.807) is 26.4 Å². The number of rotatable bonds is 4. The molecule has 7 heteroatoms. The Morgan fingerprint density at radius 1 is 1.04 bits per heavy atom. The predicted octanol–water partition coefficient (Wildman–Crippen LogP) is 1.70. The molecule has 0 fully saturated rings. The third-order valence-electron chi connectivity index (χ3n) is 3.07. The second-order valence-electron chi connectivity index (χ2n) is 4.81. The second kappa shape index (κ2) is 8.73. The SMILES string of the molecule is COC(OC)c1cccc[n+]1C.Cc1ccc(S(=O)(=O)[O-])cc1. The van der Waals surface area contributed by atoms with Crippen molar-refractivity contribution in [2.75, 3.05) is 14.2 Å². The summed E-state index contributed by atoms with van der Waals surface area (Å²) in [6, 6.07) is 11.7. The van der Waals surface area contributed by atoms with Crippen molar-refractivity contribution >= 4 is 10.1 Å². The van der Waals surface area contributed by atoms with Gasteiger partial charge in [0.2, 0.25) is 12.0 Å². The van der Waals surface area contributed by atoms with Crippen LogP contribution in [-0.2, 0) is 26.6 Å². The molecule has 0 aliphatic rings. The molecular formula is C16H21NO5S. The minimum Gasteiger partial charge on any atom is -0.744 e. The lowest BCUT2D eigenvalue weighted by atomic mass is 10.2. The van der Waals surface area contributed by atoms with Gasteiger partial charge in [0.1, 0.15) is 17.2 Å². The lowest BCUT2D eigenvalue weighted by molar-refractivity contribution is -0.686. The Labute approximate surface area is 137 Å². The molecule has 0 saturated carbocycles. The number of aromatic nitrogens is 1. The minimum atomic E-state index is -4.27. The fourth-order valence-electron chi connectivity index (χ4n) is 1.82. The summed E-state index contributed by atoms with van der Waals surface area (Å²) in [5.74, 6) is 0. The van der Waals surface area contributed by atoms with Gasteiger partial charge >= 0.3 is 0 Å². The summed E-state index contributed by atoms with van der Waals surface area (Å²) in [5.41, 5.74) is 1.93. The highest BCUT2D eigenvalue weighted by Gasteiger charge is 2.17. The maximum atomic E-state index is 10.4. The molecule has 0 radical (unpaired) electrons. The molecule has 0 bridgehead atoms. The first-order chi connectivity index (χ1) is 10.8. The lowest BCUT2D eigenvalue weighted by Crippen LogP contribution is -2.35. The zero-order valence-electron chi connectivity index (χ0n) is 13.6. The van der Waals surface area contributed by atoms with Crippen LogP contribution in [-0.4, -0.2) is 27.2 Å². The highest BCUT2D eigenvalue weighted by atomic mass is 32.2. The number of hydrogen-bond donors (Lipinski definition) is 0. The first-order valence-electron chi connectivity index (χ1n) is 6.82. The summed E-state index contributed by atoms with van der Waals surface area (Å²) < 4.78 is 43.4. The van der Waals surface area contributed by atoms with Gasteiger partial charge in [-0.2, -0.15) is 0 Å². The van der Waals surface area contributed by atoms with E-state index >= 15 is 0 Å². The molecule has 0 saturated heterocycles. The van der Waals surface area contributed by atoms with Gasteiger partial charge in [-0.05, 0) is 25.1 Å². The van der Waals surface area contributed by atoms with E-state index < -0.39 is 10.1 Å². The van der Waals surface area contributed by atoms with Crippen LogP contribution in [0.1, 0.15) is 17.5 Å². The van der Waals surface area contributed by atoms with E-state index in [4.69, 9.17) is 9.47 Å². The Bertz CT molecular complexity index is 710. The van der Waals surface area contributed by atoms with Crippen molar-refractivity contribution < 1.29 is 27.0 Å². The van der Waals surface area contributed by atoms with Crippen LogP contribution < -0.4 is 4.57 Å². The van der Waals surface area contributed by atoms with E-state index in [0.29, 0.717) is 0 Å². The Morgan fingerprint density at radius 3 is 2.04 bits per heavy atom. The fourth-order valence-corrected chi connectivity index (χ4v) is 2.29. The summed E-state index contributed by atoms with van der Waals surface area (Å²) in [6.07, 6.45) is 1.68. The molecule has 0 amide bonds. The fraction of sp³-hybridized carbons (Fsp3) is 0.312. The predicted molar refractivity (Wildman–Crippen MR) is 83.5 cm³/mol. The van der Waals surface area contributed by atoms with Gasteiger partial charge in [0, 0.05) is 26.4 Å². The molecule has 2 rings (SSSR count). The standard InChI is InChI=1S/C9H14NO2.C7H8O3S/c1-10-7-5-4-6-8(10)9(11-2)12-3;1-6-2-4-7(5-3-6)11(8,9)10/h4-7,9H,1-3H3;2-5H,1H3,(H,8,9,10)/q+1;/p-1. The maximum absolute atomic E-state index is 10.4. The van der Waals surface area contributed by atoms with Crippen LogP contribution >= 0.6 is 0 Å². The first kappa shape index (κ1) is 19.2. The molecule has 0 aliphatic heterocycles. The van der Waals surface area contributed by atoms with E-state index in [0.717, 1.165) is 11.3 Å². The summed E-state index contributed by atoms with van der Waals surface area (Å²) >= 11 is 0. The maximum Gasteiger partial charge on any atom is 0.244 e. The summed E-state index contributed by atoms with van der Waals surface area (Å²) in [5, 5.41) is 0. The molecule has 0 N–H and O–H groups in total. The van der Waals surface area contributed by atoms with Gasteiger partial charge in [-0.15, -0.1) is 0 Å². The van der Waals surface area contributed by atoms with Crippen LogP contribution in [0, 0.1) is 6.92 Å². The lowest BCUT2D eigenvalue weighted by Gasteiger charge is -2.09. The largest absolute Gasteiger partial charge is 0.744 e. The van der Waals surface area contributed by atoms with Gasteiger partial charge in [-0.1, -0.05) is 17.7 Å². The van der Waals surface area contributed by atoms with Gasteiger partial charge in [0.05, 0.1) is 4.90 Å². The quantitative estimate of drug-likeness (QED) is 0.481. The van der Waals surface area contributed by atoms with Crippen molar-refractivity contribution in [2.45, 2.75) is 18.1 Å². The molecule has 1 aromatic carbocycles. The number of methoxy groups -OCH3 is 2. The first-order valence-corrected chi connectivity index (χ1v) is 8.23. The molecule has 126 valence electrons. The number of hydrogen-bond acceptors (Lipinski definition) is 5. The zero-order valence-corrected chi connectivity index (χ0v) is 14.4. The highest BCUT2D eigenvalue weighted by molar-refractivity contribution is 7.85. The molecule has 23 heavy (non-hydrogen) atoms. The second-order valence-corrected chi connectivity index (χ2v) is 6.19. The van der Waals surface area contributed by atoms with Crippen molar-refractivity contribution in [3.8, 4) is 0 Å². The number of nitrogens with zero attached hydrogens (tertiary/aromatic N) is 1. The van der Waals surface area contributed by atoms with Crippen LogP contribution in [0.2, 0.25) is 0 Å². The molecule has 0 aliphatic carbocycles. The number of benzene rings is 1. The molecule has 0 unspecified atom stereocenters. The van der Waals surface area contributed by atoms with Crippen molar-refractivity contribution in [3.63, 3.8) is 0 Å². The van der Waals surface area contributed by atoms with E-state index in [1.807, 2.05) is 42.9 Å². The molecule has 1 aromatic heterocycles. The Hall–Kier alpha value is -1.80. The molecule has 1 heterocycles. The molecule has 0 atom stereocenters. The number of aryl methyl sites for hydroxylation is 2. The van der Waals surface area contributed by atoms with Gasteiger partial charge in [-0.3, -0.25) is 0 Å². The number of ether oxygens (including phenoxy) is 2. The van der Waals surface area contributed by atoms with E-state index in [1.165, 1.54) is 12.1 Å². The third-order valence-corrected chi connectivity index (χ3v) is 3.92. The third kappa shape index (κ3) is 6.07. The Balaban J connectivity index is 0.000000231. The van der Waals surface area contributed by atoms with Gasteiger partial charge in [0.15, 0.2) is 6.20 Å². The van der Waals surface area contributed by atoms with Crippen LogP contribution in [0.4, 0.5) is 0 Å². The zero-order chi connectivity index (χ0) is 17.5. The van der Waals surface area contributed by atoms with Crippen LogP contribution in [0.5, 0.6) is 0 Å². The summed E-state index contributed by atoms with van der Waals surface area (Å²) in [6.45, 7) is 1.82. The number of pyridine rings is 1. The molecule has 6 nitrogen and oxygen atoms in total. The molecular weight excluding hydrogens is 318 g/mol. The summed E-state index contributed by atoms with van der Waals surface area (Å²) in [7, 11) is 0.941. The smallest absolute Gasteiger partial charge is 0.244 e. The van der Waals surface area contributed by atoms with E-state index in [2.05, 4.69) is 0 Å². The van der Waals surface area contributed by atoms with Crippen molar-refractivity contribution in [2.24, 2.45) is 7.05 Å². The van der Waals surface area contributed by atoms with Crippen LogP contribution in [0.25, 0.3) is 0 Å². The average molecular weight is 339 g/mol. The monoisotopic (exact) mass is 339 g/mol. The Kier molecular flexibility index (Phi) is 7.31. The van der Waals surface area contributed by atoms with Crippen molar-refractivity contribution in [3.05, 3.63) is 59.9 Å². The summed E-state index contributed by atoms with van der Waals surface area (Å²) in [4.78, 5) is -0.178. The highest BCUT2D eigenvalue weighted by Crippen LogP contribution is 2.11. The van der Waals surface area contributed by atoms with Crippen LogP contribution in [0.15, 0.2) is 53.6 Å². The van der Waals surface area contributed by atoms with Crippen LogP contribution in [0.3, 0.4) is 0 Å². The van der Waals surface area contributed by atoms with Crippen molar-refractivity contribution in [1.29, 1.82) is 0 Å². The molecule has 0 spiro atoms. The van der Waals surface area contributed by atoms with Crippen molar-refractivity contribution in [1.82, 2.24) is 0 Å². The van der Waals surface area contributed by atoms with Gasteiger partial charge in [-0.25, -0.2) is 13.0 Å². The minimum absolute atomic E-state index is 0.178. The van der Waals surface area contributed by atoms with Gasteiger partial charge in [0.25, 0.3) is 0 Å². The molecule has 2 aromatic rings.